The van der Waals surface area contributed by atoms with Gasteiger partial charge in [0.25, 0.3) is 0 Å². The third kappa shape index (κ3) is 4.36. The first kappa shape index (κ1) is 22.7. The number of piperidine rings is 1. The Morgan fingerprint density at radius 2 is 1.54 bits per heavy atom. The van der Waals surface area contributed by atoms with Crippen LogP contribution in [0.4, 0.5) is 4.79 Å². The Morgan fingerprint density at radius 3 is 1.96 bits per heavy atom. The van der Waals surface area contributed by atoms with Gasteiger partial charge in [0.2, 0.25) is 8.32 Å². The number of aliphatic hydroxyl groups is 1. The van der Waals surface area contributed by atoms with Gasteiger partial charge in [0.15, 0.2) is 0 Å². The van der Waals surface area contributed by atoms with E-state index in [1.165, 1.54) is 4.90 Å². The number of carbonyl (C=O) groups is 1. The molecule has 0 bridgehead atoms. The number of phenolic OH excluding ortho intramolecular Hbond substituents is 1. The van der Waals surface area contributed by atoms with Crippen LogP contribution in [0, 0.1) is 0 Å². The van der Waals surface area contributed by atoms with Gasteiger partial charge in [-0.15, -0.1) is 0 Å². The van der Waals surface area contributed by atoms with Gasteiger partial charge in [0, 0.05) is 12.5 Å². The first-order valence-electron chi connectivity index (χ1n) is 10.1. The lowest BCUT2D eigenvalue weighted by Crippen LogP contribution is -2.59. The minimum Gasteiger partial charge on any atom is -0.508 e. The molecule has 2 rings (SSSR count). The number of aromatic hydroxyl groups is 1. The maximum Gasteiger partial charge on any atom is 0.407 e. The maximum absolute atomic E-state index is 11.6. The molecule has 1 heterocycles. The van der Waals surface area contributed by atoms with Crippen LogP contribution in [0.2, 0.25) is 16.6 Å². The number of carboxylic acid groups (broad SMARTS) is 1. The highest BCUT2D eigenvalue weighted by atomic mass is 28.4. The Hall–Kier alpha value is -1.57. The van der Waals surface area contributed by atoms with E-state index in [0.29, 0.717) is 16.6 Å². The predicted octanol–water partition coefficient (Wildman–Crippen LogP) is 4.39. The van der Waals surface area contributed by atoms with Gasteiger partial charge in [0.1, 0.15) is 5.75 Å². The van der Waals surface area contributed by atoms with Crippen LogP contribution in [-0.4, -0.2) is 59.9 Å². The summed E-state index contributed by atoms with van der Waals surface area (Å²) in [5.74, 6) is -0.173. The Labute approximate surface area is 169 Å². The molecule has 1 saturated heterocycles. The second kappa shape index (κ2) is 8.84. The molecule has 0 aromatic heterocycles. The Morgan fingerprint density at radius 1 is 1.04 bits per heavy atom. The van der Waals surface area contributed by atoms with E-state index >= 15 is 0 Å². The van der Waals surface area contributed by atoms with Crippen molar-refractivity contribution in [3.8, 4) is 5.75 Å². The second-order valence-corrected chi connectivity index (χ2v) is 14.3. The fraction of sp³-hybridized carbons (Fsp3) is 0.667. The Kier molecular flexibility index (Phi) is 7.17. The number of nitrogens with zero attached hydrogens (tertiary/aromatic N) is 1. The molecule has 6 nitrogen and oxygen atoms in total. The molecule has 28 heavy (non-hydrogen) atoms. The average molecular weight is 410 g/mol. The summed E-state index contributed by atoms with van der Waals surface area (Å²) in [6.45, 7) is 13.4. The molecular weight excluding hydrogens is 374 g/mol. The zero-order chi connectivity index (χ0) is 21.2. The number of hydrogen-bond donors (Lipinski definition) is 3. The molecule has 1 aliphatic heterocycles. The van der Waals surface area contributed by atoms with E-state index < -0.39 is 26.6 Å². The van der Waals surface area contributed by atoms with Crippen LogP contribution >= 0.6 is 0 Å². The summed E-state index contributed by atoms with van der Waals surface area (Å²) in [6, 6.07) is 6.78. The molecule has 0 saturated carbocycles. The summed E-state index contributed by atoms with van der Waals surface area (Å²) in [5.41, 5.74) is 1.92. The fourth-order valence-electron chi connectivity index (χ4n) is 5.06. The number of rotatable bonds is 6. The summed E-state index contributed by atoms with van der Waals surface area (Å²) in [4.78, 5) is 12.9. The zero-order valence-electron chi connectivity index (χ0n) is 17.8. The van der Waals surface area contributed by atoms with E-state index in [0.717, 1.165) is 5.56 Å². The van der Waals surface area contributed by atoms with Crippen molar-refractivity contribution in [1.29, 1.82) is 0 Å². The van der Waals surface area contributed by atoms with Crippen LogP contribution in [0.3, 0.4) is 0 Å². The maximum atomic E-state index is 11.6. The van der Waals surface area contributed by atoms with Gasteiger partial charge in [-0.1, -0.05) is 53.7 Å². The van der Waals surface area contributed by atoms with Crippen molar-refractivity contribution in [2.24, 2.45) is 0 Å². The van der Waals surface area contributed by atoms with E-state index in [4.69, 9.17) is 4.43 Å². The highest BCUT2D eigenvalue weighted by Crippen LogP contribution is 2.45. The largest absolute Gasteiger partial charge is 0.508 e. The molecule has 1 aromatic carbocycles. The SMILES string of the molecule is CC(C)[Si](OC1CN(C(=O)O)CC(O)C1c1ccc(O)cc1)(C(C)C)C(C)C. The Bertz CT molecular complexity index is 639. The van der Waals surface area contributed by atoms with Gasteiger partial charge in [-0.25, -0.2) is 4.79 Å². The molecule has 1 amide bonds. The number of aliphatic hydroxyl groups excluding tert-OH is 1. The number of amides is 1. The summed E-state index contributed by atoms with van der Waals surface area (Å²) in [6.07, 6.45) is -2.33. The van der Waals surface area contributed by atoms with Gasteiger partial charge in [-0.2, -0.15) is 0 Å². The van der Waals surface area contributed by atoms with Crippen LogP contribution in [-0.2, 0) is 4.43 Å². The molecule has 0 radical (unpaired) electrons. The lowest BCUT2D eigenvalue weighted by molar-refractivity contribution is -0.0190. The van der Waals surface area contributed by atoms with Gasteiger partial charge in [0.05, 0.1) is 18.8 Å². The first-order valence-corrected chi connectivity index (χ1v) is 12.3. The standard InChI is InChI=1S/C21H35NO5Si/c1-13(2)28(14(3)4,15(5)6)27-19-12-22(21(25)26)11-18(24)20(19)16-7-9-17(23)10-8-16/h7-10,13-15,18-20,23-24H,11-12H2,1-6H3,(H,25,26). The number of benzene rings is 1. The third-order valence-electron chi connectivity index (χ3n) is 6.23. The monoisotopic (exact) mass is 409 g/mol. The highest BCUT2D eigenvalue weighted by molar-refractivity contribution is 6.77. The molecule has 3 atom stereocenters. The summed E-state index contributed by atoms with van der Waals surface area (Å²) in [7, 11) is -2.27. The molecule has 1 fully saturated rings. The number of phenols is 1. The quantitative estimate of drug-likeness (QED) is 0.606. The van der Waals surface area contributed by atoms with E-state index in [2.05, 4.69) is 41.5 Å². The first-order chi connectivity index (χ1) is 13.0. The van der Waals surface area contributed by atoms with Crippen molar-refractivity contribution in [3.63, 3.8) is 0 Å². The fourth-order valence-corrected chi connectivity index (χ4v) is 10.6. The second-order valence-electron chi connectivity index (χ2n) is 8.85. The van der Waals surface area contributed by atoms with Crippen molar-refractivity contribution < 1.29 is 24.5 Å². The minimum atomic E-state index is -2.27. The van der Waals surface area contributed by atoms with Crippen molar-refractivity contribution >= 4 is 14.4 Å². The van der Waals surface area contributed by atoms with Gasteiger partial charge >= 0.3 is 6.09 Å². The zero-order valence-corrected chi connectivity index (χ0v) is 18.8. The van der Waals surface area contributed by atoms with E-state index in [-0.39, 0.29) is 24.8 Å². The molecule has 0 aliphatic carbocycles. The van der Waals surface area contributed by atoms with Crippen LogP contribution in [0.5, 0.6) is 5.75 Å². The molecule has 7 heteroatoms. The molecule has 1 aromatic rings. The van der Waals surface area contributed by atoms with Gasteiger partial charge in [-0.3, -0.25) is 0 Å². The molecule has 1 aliphatic rings. The lowest BCUT2D eigenvalue weighted by Gasteiger charge is -2.49. The summed E-state index contributed by atoms with van der Waals surface area (Å²) in [5, 5.41) is 30.0. The van der Waals surface area contributed by atoms with Crippen molar-refractivity contribution in [3.05, 3.63) is 29.8 Å². The van der Waals surface area contributed by atoms with Crippen molar-refractivity contribution in [2.75, 3.05) is 13.1 Å². The van der Waals surface area contributed by atoms with Crippen LogP contribution in [0.1, 0.15) is 53.0 Å². The lowest BCUT2D eigenvalue weighted by atomic mass is 9.85. The van der Waals surface area contributed by atoms with Crippen molar-refractivity contribution in [1.82, 2.24) is 4.90 Å². The number of hydrogen-bond acceptors (Lipinski definition) is 4. The van der Waals surface area contributed by atoms with Crippen LogP contribution < -0.4 is 0 Å². The summed E-state index contributed by atoms with van der Waals surface area (Å²) < 4.78 is 6.92. The normalized spacial score (nSPS) is 23.6. The minimum absolute atomic E-state index is 0.0559. The summed E-state index contributed by atoms with van der Waals surface area (Å²) >= 11 is 0. The third-order valence-corrected chi connectivity index (χ3v) is 12.4. The predicted molar refractivity (Wildman–Crippen MR) is 112 cm³/mol. The van der Waals surface area contributed by atoms with E-state index in [1.807, 2.05) is 0 Å². The molecule has 158 valence electrons. The number of likely N-dealkylation sites (tertiary alicyclic amines) is 1. The average Bonchev–Trinajstić information content (AvgIpc) is 2.59. The highest BCUT2D eigenvalue weighted by Gasteiger charge is 2.50. The smallest absolute Gasteiger partial charge is 0.407 e. The molecule has 0 spiro atoms. The van der Waals surface area contributed by atoms with E-state index in [9.17, 15) is 20.1 Å². The number of β-amino-alcohol motifs (C(OH)–C–C–N with tert-alkyl or cyclic N) is 1. The van der Waals surface area contributed by atoms with E-state index in [1.54, 1.807) is 24.3 Å². The molecular formula is C21H35NO5Si. The van der Waals surface area contributed by atoms with Gasteiger partial charge in [-0.05, 0) is 34.3 Å². The van der Waals surface area contributed by atoms with Crippen molar-refractivity contribution in [2.45, 2.75) is 76.3 Å². The molecule has 3 unspecified atom stereocenters. The molecule has 3 N–H and O–H groups in total. The topological polar surface area (TPSA) is 90.2 Å². The Balaban J connectivity index is 2.48. The van der Waals surface area contributed by atoms with Crippen LogP contribution in [0.15, 0.2) is 24.3 Å². The van der Waals surface area contributed by atoms with Gasteiger partial charge < -0.3 is 24.6 Å². The van der Waals surface area contributed by atoms with Crippen LogP contribution in [0.25, 0.3) is 0 Å².